The Kier molecular flexibility index (Phi) is 10.8. The predicted molar refractivity (Wildman–Crippen MR) is 153 cm³/mol. The van der Waals surface area contributed by atoms with Gasteiger partial charge >= 0.3 is 0 Å². The van der Waals surface area contributed by atoms with Crippen LogP contribution in [0.25, 0.3) is 0 Å². The van der Waals surface area contributed by atoms with Crippen molar-refractivity contribution in [2.75, 3.05) is 17.1 Å². The molecule has 2 amide bonds. The van der Waals surface area contributed by atoms with Crippen molar-refractivity contribution >= 4 is 27.5 Å². The molecule has 1 aliphatic carbocycles. The van der Waals surface area contributed by atoms with E-state index in [1.807, 2.05) is 63.2 Å². The molecule has 0 radical (unpaired) electrons. The maximum atomic E-state index is 13.6. The summed E-state index contributed by atoms with van der Waals surface area (Å²) in [6, 6.07) is 14.9. The Morgan fingerprint density at radius 2 is 1.68 bits per heavy atom. The van der Waals surface area contributed by atoms with Crippen molar-refractivity contribution in [2.45, 2.75) is 90.8 Å². The van der Waals surface area contributed by atoms with Crippen molar-refractivity contribution in [3.05, 3.63) is 65.2 Å². The molecule has 2 aromatic rings. The van der Waals surface area contributed by atoms with Crippen molar-refractivity contribution in [1.82, 2.24) is 10.2 Å². The standard InChI is InChI=1S/C30H43N3O4S/c1-5-28(30(35)31-26-12-7-6-8-13-26)32(22-25-18-16-23(2)17-19-25)29(34)15-10-20-33(38(4,36)37)27-14-9-11-24(3)21-27/h9,11,14,16-19,21,26,28H,5-8,10,12-13,15,20,22H2,1-4H3,(H,31,35)/t28-/m0/s1. The zero-order valence-corrected chi connectivity index (χ0v) is 24.1. The number of nitrogens with one attached hydrogen (secondary N) is 1. The number of hydrogen-bond donors (Lipinski definition) is 1. The van der Waals surface area contributed by atoms with E-state index in [1.165, 1.54) is 17.0 Å². The van der Waals surface area contributed by atoms with E-state index in [9.17, 15) is 18.0 Å². The molecule has 8 heteroatoms. The highest BCUT2D eigenvalue weighted by molar-refractivity contribution is 7.92. The molecule has 208 valence electrons. The van der Waals surface area contributed by atoms with Crippen LogP contribution in [0.5, 0.6) is 0 Å². The zero-order chi connectivity index (χ0) is 27.7. The molecule has 38 heavy (non-hydrogen) atoms. The summed E-state index contributed by atoms with van der Waals surface area (Å²) in [5, 5.41) is 3.20. The van der Waals surface area contributed by atoms with Gasteiger partial charge in [0.2, 0.25) is 21.8 Å². The molecule has 0 heterocycles. The summed E-state index contributed by atoms with van der Waals surface area (Å²) in [6.45, 7) is 6.39. The van der Waals surface area contributed by atoms with Gasteiger partial charge < -0.3 is 10.2 Å². The van der Waals surface area contributed by atoms with Crippen LogP contribution in [0, 0.1) is 13.8 Å². The van der Waals surface area contributed by atoms with Gasteiger partial charge in [-0.25, -0.2) is 8.42 Å². The van der Waals surface area contributed by atoms with Gasteiger partial charge in [0, 0.05) is 25.6 Å². The molecule has 7 nitrogen and oxygen atoms in total. The molecule has 1 saturated carbocycles. The molecule has 1 aliphatic rings. The second-order valence-electron chi connectivity index (χ2n) is 10.6. The molecule has 0 aromatic heterocycles. The van der Waals surface area contributed by atoms with E-state index in [2.05, 4.69) is 5.32 Å². The zero-order valence-electron chi connectivity index (χ0n) is 23.3. The van der Waals surface area contributed by atoms with E-state index in [4.69, 9.17) is 0 Å². The SMILES string of the molecule is CC[C@@H](C(=O)NC1CCCCC1)N(Cc1ccc(C)cc1)C(=O)CCCN(c1cccc(C)c1)S(C)(=O)=O. The van der Waals surface area contributed by atoms with E-state index >= 15 is 0 Å². The second kappa shape index (κ2) is 13.8. The van der Waals surface area contributed by atoms with E-state index in [0.717, 1.165) is 42.4 Å². The van der Waals surface area contributed by atoms with Crippen LogP contribution >= 0.6 is 0 Å². The lowest BCUT2D eigenvalue weighted by Crippen LogP contribution is -2.51. The predicted octanol–water partition coefficient (Wildman–Crippen LogP) is 5.11. The third-order valence-corrected chi connectivity index (χ3v) is 8.45. The number of aryl methyl sites for hydroxylation is 2. The summed E-state index contributed by atoms with van der Waals surface area (Å²) >= 11 is 0. The number of benzene rings is 2. The first kappa shape index (κ1) is 29.7. The van der Waals surface area contributed by atoms with E-state index in [0.29, 0.717) is 25.1 Å². The minimum atomic E-state index is -3.51. The molecule has 0 spiro atoms. The Labute approximate surface area is 228 Å². The van der Waals surface area contributed by atoms with Gasteiger partial charge in [-0.15, -0.1) is 0 Å². The summed E-state index contributed by atoms with van der Waals surface area (Å²) in [5.74, 6) is -0.244. The Morgan fingerprint density at radius 3 is 2.29 bits per heavy atom. The molecule has 0 unspecified atom stereocenters. The van der Waals surface area contributed by atoms with Crippen molar-refractivity contribution in [2.24, 2.45) is 0 Å². The number of carbonyl (C=O) groups is 2. The smallest absolute Gasteiger partial charge is 0.243 e. The number of hydrogen-bond acceptors (Lipinski definition) is 4. The van der Waals surface area contributed by atoms with Crippen LogP contribution in [0.15, 0.2) is 48.5 Å². The Hall–Kier alpha value is -2.87. The lowest BCUT2D eigenvalue weighted by molar-refractivity contribution is -0.141. The fourth-order valence-electron chi connectivity index (χ4n) is 5.14. The van der Waals surface area contributed by atoms with Gasteiger partial charge in [-0.1, -0.05) is 68.1 Å². The summed E-state index contributed by atoms with van der Waals surface area (Å²) in [4.78, 5) is 28.7. The maximum Gasteiger partial charge on any atom is 0.243 e. The molecule has 0 bridgehead atoms. The van der Waals surface area contributed by atoms with Crippen molar-refractivity contribution < 1.29 is 18.0 Å². The average molecular weight is 542 g/mol. The summed E-state index contributed by atoms with van der Waals surface area (Å²) < 4.78 is 26.4. The Bertz CT molecular complexity index is 1170. The normalized spacial score (nSPS) is 15.1. The highest BCUT2D eigenvalue weighted by Gasteiger charge is 2.30. The van der Waals surface area contributed by atoms with Crippen LogP contribution in [0.3, 0.4) is 0 Å². The lowest BCUT2D eigenvalue weighted by Gasteiger charge is -2.33. The summed E-state index contributed by atoms with van der Waals surface area (Å²) in [5.41, 5.74) is 3.65. The molecule has 3 rings (SSSR count). The number of nitrogens with zero attached hydrogens (tertiary/aromatic N) is 2. The first-order valence-corrected chi connectivity index (χ1v) is 15.6. The topological polar surface area (TPSA) is 86.8 Å². The highest BCUT2D eigenvalue weighted by Crippen LogP contribution is 2.22. The molecule has 0 aliphatic heterocycles. The first-order chi connectivity index (χ1) is 18.1. The van der Waals surface area contributed by atoms with Gasteiger partial charge in [0.25, 0.3) is 0 Å². The lowest BCUT2D eigenvalue weighted by atomic mass is 9.95. The monoisotopic (exact) mass is 541 g/mol. The molecular weight excluding hydrogens is 498 g/mol. The van der Waals surface area contributed by atoms with Gasteiger partial charge in [0.05, 0.1) is 11.9 Å². The van der Waals surface area contributed by atoms with Gasteiger partial charge in [0.1, 0.15) is 6.04 Å². The number of sulfonamides is 1. The van der Waals surface area contributed by atoms with Crippen molar-refractivity contribution in [3.8, 4) is 0 Å². The highest BCUT2D eigenvalue weighted by atomic mass is 32.2. The third kappa shape index (κ3) is 8.58. The van der Waals surface area contributed by atoms with Crippen LogP contribution in [-0.4, -0.2) is 50.0 Å². The van der Waals surface area contributed by atoms with Gasteiger partial charge in [-0.05, 0) is 62.8 Å². The molecule has 0 saturated heterocycles. The third-order valence-electron chi connectivity index (χ3n) is 7.25. The summed E-state index contributed by atoms with van der Waals surface area (Å²) in [6.07, 6.45) is 7.59. The van der Waals surface area contributed by atoms with Crippen molar-refractivity contribution in [1.29, 1.82) is 0 Å². The fourth-order valence-corrected chi connectivity index (χ4v) is 6.10. The van der Waals surface area contributed by atoms with Crippen LogP contribution in [0.4, 0.5) is 5.69 Å². The largest absolute Gasteiger partial charge is 0.352 e. The van der Waals surface area contributed by atoms with Gasteiger partial charge in [-0.2, -0.15) is 0 Å². The average Bonchev–Trinajstić information content (AvgIpc) is 2.87. The molecule has 1 atom stereocenters. The molecule has 2 aromatic carbocycles. The molecular formula is C30H43N3O4S. The minimum Gasteiger partial charge on any atom is -0.352 e. The van der Waals surface area contributed by atoms with E-state index < -0.39 is 16.1 Å². The minimum absolute atomic E-state index is 0.0996. The van der Waals surface area contributed by atoms with E-state index in [1.54, 1.807) is 11.0 Å². The quantitative estimate of drug-likeness (QED) is 0.405. The summed E-state index contributed by atoms with van der Waals surface area (Å²) in [7, 11) is -3.51. The maximum absolute atomic E-state index is 13.6. The number of carbonyl (C=O) groups excluding carboxylic acids is 2. The van der Waals surface area contributed by atoms with Crippen LogP contribution in [0.1, 0.15) is 75.0 Å². The van der Waals surface area contributed by atoms with Crippen LogP contribution in [0.2, 0.25) is 0 Å². The Morgan fingerprint density at radius 1 is 1.00 bits per heavy atom. The van der Waals surface area contributed by atoms with E-state index in [-0.39, 0.29) is 30.8 Å². The van der Waals surface area contributed by atoms with Gasteiger partial charge in [-0.3, -0.25) is 13.9 Å². The first-order valence-electron chi connectivity index (χ1n) is 13.8. The Balaban J connectivity index is 1.75. The molecule has 1 N–H and O–H groups in total. The van der Waals surface area contributed by atoms with Crippen LogP contribution < -0.4 is 9.62 Å². The van der Waals surface area contributed by atoms with Crippen molar-refractivity contribution in [3.63, 3.8) is 0 Å². The second-order valence-corrected chi connectivity index (χ2v) is 12.5. The number of anilines is 1. The fraction of sp³-hybridized carbons (Fsp3) is 0.533. The van der Waals surface area contributed by atoms with Crippen LogP contribution in [-0.2, 0) is 26.2 Å². The number of amides is 2. The van der Waals surface area contributed by atoms with Gasteiger partial charge in [0.15, 0.2) is 0 Å². The molecule has 1 fully saturated rings. The number of rotatable bonds is 12.